The van der Waals surface area contributed by atoms with Gasteiger partial charge in [-0.2, -0.15) is 0 Å². The van der Waals surface area contributed by atoms with E-state index in [2.05, 4.69) is 15.8 Å². The van der Waals surface area contributed by atoms with Crippen LogP contribution in [0.5, 0.6) is 0 Å². The van der Waals surface area contributed by atoms with Gasteiger partial charge in [-0.15, -0.1) is 12.4 Å². The average Bonchev–Trinajstić information content (AvgIpc) is 2.34. The Kier molecular flexibility index (Phi) is 7.71. The lowest BCUT2D eigenvalue weighted by Gasteiger charge is -2.05. The van der Waals surface area contributed by atoms with Crippen molar-refractivity contribution >= 4 is 24.2 Å². The number of halogens is 1. The summed E-state index contributed by atoms with van der Waals surface area (Å²) in [7, 11) is 0. The Hall–Kier alpha value is -1.62. The van der Waals surface area contributed by atoms with Crippen molar-refractivity contribution in [2.24, 2.45) is 0 Å². The van der Waals surface area contributed by atoms with E-state index < -0.39 is 5.91 Å². The van der Waals surface area contributed by atoms with Gasteiger partial charge in [-0.25, -0.2) is 0 Å². The lowest BCUT2D eigenvalue weighted by atomic mass is 10.2. The zero-order valence-electron chi connectivity index (χ0n) is 9.60. The molecule has 94 valence electrons. The number of carbonyl (C=O) groups excluding carboxylic acids is 2. The molecule has 0 spiro atoms. The van der Waals surface area contributed by atoms with Crippen molar-refractivity contribution in [2.45, 2.75) is 26.2 Å². The third-order valence-corrected chi connectivity index (χ3v) is 1.97. The zero-order valence-corrected chi connectivity index (χ0v) is 10.4. The molecular weight excluding hydrogens is 242 g/mol. The van der Waals surface area contributed by atoms with Gasteiger partial charge in [0.05, 0.1) is 0 Å². The quantitative estimate of drug-likeness (QED) is 0.802. The maximum absolute atomic E-state index is 11.4. The second-order valence-corrected chi connectivity index (χ2v) is 3.32. The van der Waals surface area contributed by atoms with Gasteiger partial charge < -0.3 is 0 Å². The van der Waals surface area contributed by atoms with Gasteiger partial charge in [-0.05, 0) is 18.6 Å². The van der Waals surface area contributed by atoms with Crippen LogP contribution in [0.1, 0.15) is 36.7 Å². The van der Waals surface area contributed by atoms with E-state index in [1.807, 2.05) is 6.92 Å². The highest BCUT2D eigenvalue weighted by Gasteiger charge is 2.06. The first-order valence-electron chi connectivity index (χ1n) is 5.24. The lowest BCUT2D eigenvalue weighted by Crippen LogP contribution is -2.41. The third kappa shape index (κ3) is 5.87. The van der Waals surface area contributed by atoms with Crippen LogP contribution in [0.2, 0.25) is 0 Å². The van der Waals surface area contributed by atoms with Gasteiger partial charge in [-0.1, -0.05) is 19.4 Å². The summed E-state index contributed by atoms with van der Waals surface area (Å²) in [6, 6.07) is 5.00. The Balaban J connectivity index is 0.00000256. The summed E-state index contributed by atoms with van der Waals surface area (Å²) in [4.78, 5) is 26.5. The summed E-state index contributed by atoms with van der Waals surface area (Å²) in [6.45, 7) is 2.00. The number of hydrogen-bond donors (Lipinski definition) is 2. The molecular formula is C11H16ClN3O2. The number of pyridine rings is 1. The zero-order chi connectivity index (χ0) is 11.8. The van der Waals surface area contributed by atoms with Crippen LogP contribution >= 0.6 is 12.4 Å². The van der Waals surface area contributed by atoms with Gasteiger partial charge in [0.15, 0.2) is 0 Å². The van der Waals surface area contributed by atoms with E-state index in [9.17, 15) is 9.59 Å². The van der Waals surface area contributed by atoms with Crippen molar-refractivity contribution in [3.63, 3.8) is 0 Å². The molecule has 0 saturated carbocycles. The Morgan fingerprint density at radius 3 is 2.65 bits per heavy atom. The van der Waals surface area contributed by atoms with Gasteiger partial charge in [0.1, 0.15) is 5.69 Å². The SMILES string of the molecule is CCCCC(=O)NNC(=O)c1ccccn1.Cl. The number of unbranched alkanes of at least 4 members (excludes halogenated alkanes) is 1. The van der Waals surface area contributed by atoms with Crippen LogP contribution < -0.4 is 10.9 Å². The van der Waals surface area contributed by atoms with Crippen LogP contribution in [0, 0.1) is 0 Å². The van der Waals surface area contributed by atoms with Crippen LogP contribution in [0.25, 0.3) is 0 Å². The van der Waals surface area contributed by atoms with E-state index in [4.69, 9.17) is 0 Å². The minimum absolute atomic E-state index is 0. The molecule has 1 aromatic heterocycles. The number of amides is 2. The molecule has 0 unspecified atom stereocenters. The van der Waals surface area contributed by atoms with Crippen LogP contribution in [0.4, 0.5) is 0 Å². The fourth-order valence-electron chi connectivity index (χ4n) is 1.09. The molecule has 0 aliphatic rings. The van der Waals surface area contributed by atoms with Gasteiger partial charge in [0.25, 0.3) is 5.91 Å². The van der Waals surface area contributed by atoms with E-state index in [0.717, 1.165) is 12.8 Å². The minimum atomic E-state index is -0.412. The summed E-state index contributed by atoms with van der Waals surface area (Å²) in [5, 5.41) is 0. The molecule has 0 aliphatic carbocycles. The highest BCUT2D eigenvalue weighted by Crippen LogP contribution is 1.93. The summed E-state index contributed by atoms with van der Waals surface area (Å²) in [5.41, 5.74) is 4.92. The standard InChI is InChI=1S/C11H15N3O2.ClH/c1-2-3-7-10(15)13-14-11(16)9-6-4-5-8-12-9;/h4-6,8H,2-3,7H2,1H3,(H,13,15)(H,14,16);1H. The normalized spacial score (nSPS) is 9.00. The summed E-state index contributed by atoms with van der Waals surface area (Å²) < 4.78 is 0. The van der Waals surface area contributed by atoms with Gasteiger partial charge in [0, 0.05) is 12.6 Å². The maximum Gasteiger partial charge on any atom is 0.288 e. The molecule has 2 amide bonds. The molecule has 1 aromatic rings. The van der Waals surface area contributed by atoms with E-state index in [1.54, 1.807) is 18.2 Å². The van der Waals surface area contributed by atoms with Gasteiger partial charge >= 0.3 is 0 Å². The van der Waals surface area contributed by atoms with Crippen molar-refractivity contribution in [2.75, 3.05) is 0 Å². The van der Waals surface area contributed by atoms with Crippen molar-refractivity contribution < 1.29 is 9.59 Å². The monoisotopic (exact) mass is 257 g/mol. The fourth-order valence-corrected chi connectivity index (χ4v) is 1.09. The van der Waals surface area contributed by atoms with Gasteiger partial charge in [0.2, 0.25) is 5.91 Å². The Morgan fingerprint density at radius 1 is 1.29 bits per heavy atom. The lowest BCUT2D eigenvalue weighted by molar-refractivity contribution is -0.121. The number of rotatable bonds is 4. The molecule has 1 rings (SSSR count). The molecule has 2 N–H and O–H groups in total. The number of nitrogens with zero attached hydrogens (tertiary/aromatic N) is 1. The van der Waals surface area contributed by atoms with E-state index in [0.29, 0.717) is 6.42 Å². The first-order valence-corrected chi connectivity index (χ1v) is 5.24. The minimum Gasteiger partial charge on any atom is -0.273 e. The third-order valence-electron chi connectivity index (χ3n) is 1.97. The maximum atomic E-state index is 11.4. The van der Waals surface area contributed by atoms with E-state index >= 15 is 0 Å². The van der Waals surface area contributed by atoms with Crippen molar-refractivity contribution in [3.8, 4) is 0 Å². The highest BCUT2D eigenvalue weighted by molar-refractivity contribution is 5.93. The number of hydrogen-bond acceptors (Lipinski definition) is 3. The average molecular weight is 258 g/mol. The molecule has 0 aliphatic heterocycles. The first-order chi connectivity index (χ1) is 7.74. The van der Waals surface area contributed by atoms with Crippen molar-refractivity contribution in [1.29, 1.82) is 0 Å². The Morgan fingerprint density at radius 2 is 2.06 bits per heavy atom. The molecule has 0 bridgehead atoms. The predicted molar refractivity (Wildman–Crippen MR) is 66.6 cm³/mol. The molecule has 0 saturated heterocycles. The van der Waals surface area contributed by atoms with Crippen LogP contribution in [0.15, 0.2) is 24.4 Å². The molecule has 0 radical (unpaired) electrons. The molecule has 17 heavy (non-hydrogen) atoms. The summed E-state index contributed by atoms with van der Waals surface area (Å²) in [6.07, 6.45) is 3.69. The van der Waals surface area contributed by atoms with Crippen LogP contribution in [-0.4, -0.2) is 16.8 Å². The van der Waals surface area contributed by atoms with Gasteiger partial charge in [-0.3, -0.25) is 25.4 Å². The number of hydrazine groups is 1. The van der Waals surface area contributed by atoms with Crippen LogP contribution in [0.3, 0.4) is 0 Å². The number of nitrogens with one attached hydrogen (secondary N) is 2. The molecule has 0 aromatic carbocycles. The number of aromatic nitrogens is 1. The van der Waals surface area contributed by atoms with Crippen LogP contribution in [-0.2, 0) is 4.79 Å². The Bertz CT molecular complexity index is 357. The van der Waals surface area contributed by atoms with Crippen molar-refractivity contribution in [3.05, 3.63) is 30.1 Å². The summed E-state index contributed by atoms with van der Waals surface area (Å²) in [5.74, 6) is -0.600. The Labute approximate surface area is 106 Å². The van der Waals surface area contributed by atoms with E-state index in [1.165, 1.54) is 6.20 Å². The molecule has 0 fully saturated rings. The molecule has 0 atom stereocenters. The predicted octanol–water partition coefficient (Wildman–Crippen LogP) is 1.45. The van der Waals surface area contributed by atoms with Crippen molar-refractivity contribution in [1.82, 2.24) is 15.8 Å². The smallest absolute Gasteiger partial charge is 0.273 e. The van der Waals surface area contributed by atoms with E-state index in [-0.39, 0.29) is 24.0 Å². The second kappa shape index (κ2) is 8.52. The summed E-state index contributed by atoms with van der Waals surface area (Å²) >= 11 is 0. The highest BCUT2D eigenvalue weighted by atomic mass is 35.5. The number of carbonyl (C=O) groups is 2. The molecule has 5 nitrogen and oxygen atoms in total. The fraction of sp³-hybridized carbons (Fsp3) is 0.364. The topological polar surface area (TPSA) is 71.1 Å². The molecule has 6 heteroatoms. The second-order valence-electron chi connectivity index (χ2n) is 3.32. The first kappa shape index (κ1) is 15.4. The largest absolute Gasteiger partial charge is 0.288 e. The molecule has 1 heterocycles.